The number of hydrogen-bond donors (Lipinski definition) is 3. The summed E-state index contributed by atoms with van der Waals surface area (Å²) in [5, 5.41) is 7.67. The number of carbonyl (C=O) groups excluding carboxylic acids is 2. The highest BCUT2D eigenvalue weighted by atomic mass is 32.1. The molecule has 3 amide bonds. The fourth-order valence-corrected chi connectivity index (χ4v) is 3.26. The number of thiazole rings is 1. The van der Waals surface area contributed by atoms with Gasteiger partial charge in [0.2, 0.25) is 0 Å². The van der Waals surface area contributed by atoms with E-state index in [9.17, 15) is 14.0 Å². The maximum absolute atomic E-state index is 13.0. The maximum Gasteiger partial charge on any atom is 0.316 e. The predicted octanol–water partition coefficient (Wildman–Crippen LogP) is 3.93. The van der Waals surface area contributed by atoms with Crippen LogP contribution in [-0.4, -0.2) is 16.9 Å². The number of benzene rings is 2. The molecule has 1 unspecified atom stereocenters. The molecule has 0 saturated carbocycles. The van der Waals surface area contributed by atoms with E-state index in [2.05, 4.69) is 15.6 Å². The third-order valence-electron chi connectivity index (χ3n) is 3.85. The monoisotopic (exact) mass is 384 g/mol. The van der Waals surface area contributed by atoms with Gasteiger partial charge in [0.1, 0.15) is 16.5 Å². The van der Waals surface area contributed by atoms with E-state index in [-0.39, 0.29) is 17.8 Å². The number of carbonyl (C=O) groups is 2. The highest BCUT2D eigenvalue weighted by Crippen LogP contribution is 2.24. The van der Waals surface area contributed by atoms with Crippen LogP contribution in [-0.2, 0) is 0 Å². The van der Waals surface area contributed by atoms with Crippen molar-refractivity contribution in [3.63, 3.8) is 0 Å². The molecule has 0 radical (unpaired) electrons. The summed E-state index contributed by atoms with van der Waals surface area (Å²) in [7, 11) is 0. The number of hydrogen-bond acceptors (Lipinski definition) is 4. The quantitative estimate of drug-likeness (QED) is 0.622. The Labute approximate surface area is 159 Å². The predicted molar refractivity (Wildman–Crippen MR) is 103 cm³/mol. The van der Waals surface area contributed by atoms with E-state index in [1.807, 2.05) is 6.92 Å². The van der Waals surface area contributed by atoms with Crippen molar-refractivity contribution in [2.24, 2.45) is 5.73 Å². The van der Waals surface area contributed by atoms with Crippen molar-refractivity contribution in [1.82, 2.24) is 10.3 Å². The van der Waals surface area contributed by atoms with Crippen LogP contribution in [0.3, 0.4) is 0 Å². The van der Waals surface area contributed by atoms with Gasteiger partial charge in [-0.3, -0.25) is 4.79 Å². The number of primary amides is 1. The average molecular weight is 384 g/mol. The fourth-order valence-electron chi connectivity index (χ4n) is 2.45. The Morgan fingerprint density at radius 2 is 1.78 bits per heavy atom. The number of anilines is 1. The summed E-state index contributed by atoms with van der Waals surface area (Å²) < 4.78 is 13.0. The van der Waals surface area contributed by atoms with Gasteiger partial charge >= 0.3 is 6.03 Å². The van der Waals surface area contributed by atoms with E-state index in [4.69, 9.17) is 5.73 Å². The first-order valence-corrected chi connectivity index (χ1v) is 8.99. The van der Waals surface area contributed by atoms with Gasteiger partial charge in [-0.1, -0.05) is 12.1 Å². The normalized spacial score (nSPS) is 11.6. The molecule has 0 aliphatic carbocycles. The van der Waals surface area contributed by atoms with E-state index in [1.54, 1.807) is 41.8 Å². The number of rotatable bonds is 5. The molecule has 0 aliphatic rings. The van der Waals surface area contributed by atoms with Gasteiger partial charge in [-0.05, 0) is 48.9 Å². The minimum Gasteiger partial charge on any atom is -0.351 e. The molecule has 3 aromatic rings. The molecular formula is C19H17FN4O2S. The summed E-state index contributed by atoms with van der Waals surface area (Å²) in [6, 6.07) is 12.1. The number of amides is 3. The van der Waals surface area contributed by atoms with Gasteiger partial charge < -0.3 is 16.4 Å². The molecule has 1 aromatic heterocycles. The third-order valence-corrected chi connectivity index (χ3v) is 4.75. The Morgan fingerprint density at radius 1 is 1.11 bits per heavy atom. The minimum absolute atomic E-state index is 0.254. The molecule has 0 saturated heterocycles. The van der Waals surface area contributed by atoms with Crippen molar-refractivity contribution in [3.8, 4) is 10.6 Å². The lowest BCUT2D eigenvalue weighted by molar-refractivity contribution is 0.0935. The van der Waals surface area contributed by atoms with Crippen LogP contribution in [0.5, 0.6) is 0 Å². The standard InChI is InChI=1S/C19H17FN4O2S/c1-11(12-4-8-15(9-5-12)23-19(21)26)22-17(25)16-10-27-18(24-16)13-2-6-14(20)7-3-13/h2-11H,1H3,(H,22,25)(H3,21,23,26). The van der Waals surface area contributed by atoms with E-state index in [1.165, 1.54) is 23.5 Å². The number of nitrogens with zero attached hydrogens (tertiary/aromatic N) is 1. The smallest absolute Gasteiger partial charge is 0.316 e. The molecule has 1 heterocycles. The molecule has 6 nitrogen and oxygen atoms in total. The summed E-state index contributed by atoms with van der Waals surface area (Å²) in [6.45, 7) is 1.85. The zero-order valence-corrected chi connectivity index (χ0v) is 15.2. The van der Waals surface area contributed by atoms with E-state index in [0.717, 1.165) is 11.1 Å². The Balaban J connectivity index is 1.66. The SMILES string of the molecule is CC(NC(=O)c1csc(-c2ccc(F)cc2)n1)c1ccc(NC(N)=O)cc1. The van der Waals surface area contributed by atoms with E-state index < -0.39 is 6.03 Å². The van der Waals surface area contributed by atoms with Gasteiger partial charge in [-0.25, -0.2) is 14.2 Å². The molecular weight excluding hydrogens is 367 g/mol. The second-order valence-electron chi connectivity index (χ2n) is 5.85. The Morgan fingerprint density at radius 3 is 2.41 bits per heavy atom. The number of aromatic nitrogens is 1. The Hall–Kier alpha value is -3.26. The lowest BCUT2D eigenvalue weighted by Gasteiger charge is -2.14. The molecule has 3 rings (SSSR count). The molecule has 0 aliphatic heterocycles. The summed E-state index contributed by atoms with van der Waals surface area (Å²) in [5.41, 5.74) is 7.58. The van der Waals surface area contributed by atoms with Crippen LogP contribution >= 0.6 is 11.3 Å². The van der Waals surface area contributed by atoms with E-state index >= 15 is 0 Å². The van der Waals surface area contributed by atoms with Crippen LogP contribution < -0.4 is 16.4 Å². The lowest BCUT2D eigenvalue weighted by Crippen LogP contribution is -2.27. The number of urea groups is 1. The van der Waals surface area contributed by atoms with Crippen molar-refractivity contribution in [1.29, 1.82) is 0 Å². The van der Waals surface area contributed by atoms with Gasteiger partial charge in [0.25, 0.3) is 5.91 Å². The third kappa shape index (κ3) is 4.68. The first-order valence-electron chi connectivity index (χ1n) is 8.11. The summed E-state index contributed by atoms with van der Waals surface area (Å²) in [6.07, 6.45) is 0. The van der Waals surface area contributed by atoms with Crippen LogP contribution in [0.1, 0.15) is 29.0 Å². The van der Waals surface area contributed by atoms with Gasteiger partial charge in [0, 0.05) is 16.6 Å². The van der Waals surface area contributed by atoms with Crippen molar-refractivity contribution in [3.05, 3.63) is 71.0 Å². The molecule has 0 fully saturated rings. The second kappa shape index (κ2) is 7.96. The Bertz CT molecular complexity index is 955. The Kier molecular flexibility index (Phi) is 5.46. The minimum atomic E-state index is -0.635. The molecule has 1 atom stereocenters. The van der Waals surface area contributed by atoms with Gasteiger partial charge in [-0.2, -0.15) is 0 Å². The molecule has 0 spiro atoms. The topological polar surface area (TPSA) is 97.1 Å². The van der Waals surface area contributed by atoms with Crippen molar-refractivity contribution in [2.75, 3.05) is 5.32 Å². The van der Waals surface area contributed by atoms with Crippen LogP contribution in [0.25, 0.3) is 10.6 Å². The number of halogens is 1. The molecule has 4 N–H and O–H groups in total. The number of nitrogens with two attached hydrogens (primary N) is 1. The molecule has 8 heteroatoms. The lowest BCUT2D eigenvalue weighted by atomic mass is 10.1. The van der Waals surface area contributed by atoms with Gasteiger partial charge in [-0.15, -0.1) is 11.3 Å². The summed E-state index contributed by atoms with van der Waals surface area (Å²) >= 11 is 1.32. The average Bonchev–Trinajstić information content (AvgIpc) is 3.12. The molecule has 0 bridgehead atoms. The summed E-state index contributed by atoms with van der Waals surface area (Å²) in [5.74, 6) is -0.620. The first-order chi connectivity index (χ1) is 12.9. The van der Waals surface area contributed by atoms with Crippen LogP contribution in [0.15, 0.2) is 53.9 Å². The van der Waals surface area contributed by atoms with E-state index in [0.29, 0.717) is 16.4 Å². The highest BCUT2D eigenvalue weighted by Gasteiger charge is 2.15. The fraction of sp³-hybridized carbons (Fsp3) is 0.105. The summed E-state index contributed by atoms with van der Waals surface area (Å²) in [4.78, 5) is 27.6. The van der Waals surface area contributed by atoms with Crippen LogP contribution in [0.4, 0.5) is 14.9 Å². The maximum atomic E-state index is 13.0. The zero-order chi connectivity index (χ0) is 19.4. The van der Waals surface area contributed by atoms with Crippen molar-refractivity contribution < 1.29 is 14.0 Å². The second-order valence-corrected chi connectivity index (χ2v) is 6.71. The van der Waals surface area contributed by atoms with Crippen molar-refractivity contribution in [2.45, 2.75) is 13.0 Å². The largest absolute Gasteiger partial charge is 0.351 e. The highest BCUT2D eigenvalue weighted by molar-refractivity contribution is 7.13. The zero-order valence-electron chi connectivity index (χ0n) is 14.4. The molecule has 2 aromatic carbocycles. The van der Waals surface area contributed by atoms with Crippen molar-refractivity contribution >= 4 is 29.0 Å². The van der Waals surface area contributed by atoms with Crippen LogP contribution in [0, 0.1) is 5.82 Å². The van der Waals surface area contributed by atoms with Gasteiger partial charge in [0.05, 0.1) is 6.04 Å². The van der Waals surface area contributed by atoms with Crippen LogP contribution in [0.2, 0.25) is 0 Å². The molecule has 138 valence electrons. The number of nitrogens with one attached hydrogen (secondary N) is 2. The first kappa shape index (κ1) is 18.5. The molecule has 27 heavy (non-hydrogen) atoms. The van der Waals surface area contributed by atoms with Gasteiger partial charge in [0.15, 0.2) is 0 Å².